The summed E-state index contributed by atoms with van der Waals surface area (Å²) in [5.74, 6) is 0.556. The molecule has 1 unspecified atom stereocenters. The molecule has 3 N–H and O–H groups in total. The van der Waals surface area contributed by atoms with Gasteiger partial charge in [-0.15, -0.1) is 0 Å². The number of carbonyl (C=O) groups is 2. The zero-order valence-electron chi connectivity index (χ0n) is 18.2. The van der Waals surface area contributed by atoms with E-state index in [-0.39, 0.29) is 31.5 Å². The lowest BCUT2D eigenvalue weighted by Gasteiger charge is -2.22. The van der Waals surface area contributed by atoms with Crippen LogP contribution >= 0.6 is 0 Å². The second-order valence-corrected chi connectivity index (χ2v) is 7.04. The Morgan fingerprint density at radius 1 is 1.16 bits per heavy atom. The molecular weight excluding hydrogens is 412 g/mol. The molecule has 0 fully saturated rings. The van der Waals surface area contributed by atoms with Crippen LogP contribution in [-0.4, -0.2) is 54.3 Å². The zero-order valence-corrected chi connectivity index (χ0v) is 18.2. The molecule has 0 heterocycles. The lowest BCUT2D eigenvalue weighted by atomic mass is 10.2. The van der Waals surface area contributed by atoms with Crippen molar-refractivity contribution in [1.29, 1.82) is 5.26 Å². The molecule has 170 valence electrons. The van der Waals surface area contributed by atoms with E-state index in [4.69, 9.17) is 14.8 Å². The van der Waals surface area contributed by atoms with E-state index in [0.717, 1.165) is 5.56 Å². The molecule has 0 radical (unpaired) electrons. The average Bonchev–Trinajstić information content (AvgIpc) is 2.79. The first-order chi connectivity index (χ1) is 15.4. The minimum Gasteiger partial charge on any atom is -0.489 e. The Labute approximate surface area is 187 Å². The molecule has 0 aliphatic heterocycles. The van der Waals surface area contributed by atoms with Gasteiger partial charge in [0.1, 0.15) is 24.5 Å². The number of aliphatic hydroxyl groups excluding tert-OH is 1. The third-order valence-corrected chi connectivity index (χ3v) is 4.34. The summed E-state index contributed by atoms with van der Waals surface area (Å²) in [6.45, 7) is 4.22. The SMILES string of the molecule is CC(=O)NCc1ccc(ON(CCNCC(O)COc2ccccc2C#N)C(C)=O)cc1. The smallest absolute Gasteiger partial charge is 0.252 e. The molecular formula is C23H28N4O5. The van der Waals surface area contributed by atoms with Crippen LogP contribution in [0.2, 0.25) is 0 Å². The molecule has 0 aliphatic carbocycles. The van der Waals surface area contributed by atoms with Gasteiger partial charge in [0, 0.05) is 33.5 Å². The lowest BCUT2D eigenvalue weighted by Crippen LogP contribution is -2.40. The quantitative estimate of drug-likeness (QED) is 0.336. The second kappa shape index (κ2) is 12.9. The molecule has 2 rings (SSSR count). The number of rotatable bonds is 12. The van der Waals surface area contributed by atoms with Gasteiger partial charge >= 0.3 is 0 Å². The highest BCUT2D eigenvalue weighted by atomic mass is 16.7. The number of nitriles is 1. The Morgan fingerprint density at radius 2 is 1.88 bits per heavy atom. The van der Waals surface area contributed by atoms with Gasteiger partial charge in [0.15, 0.2) is 5.75 Å². The molecule has 0 aromatic heterocycles. The molecule has 0 aliphatic rings. The van der Waals surface area contributed by atoms with Crippen LogP contribution in [0.15, 0.2) is 48.5 Å². The Bertz CT molecular complexity index is 927. The fourth-order valence-electron chi connectivity index (χ4n) is 2.67. The Balaban J connectivity index is 1.73. The number of para-hydroxylation sites is 1. The van der Waals surface area contributed by atoms with Crippen LogP contribution < -0.4 is 20.2 Å². The number of carbonyl (C=O) groups excluding carboxylic acids is 2. The van der Waals surface area contributed by atoms with Crippen molar-refractivity contribution in [3.05, 3.63) is 59.7 Å². The molecule has 2 aromatic carbocycles. The first kappa shape index (κ1) is 24.7. The number of hydrogen-bond acceptors (Lipinski definition) is 7. The van der Waals surface area contributed by atoms with E-state index < -0.39 is 6.10 Å². The van der Waals surface area contributed by atoms with Gasteiger partial charge in [0.25, 0.3) is 5.91 Å². The number of amides is 2. The maximum Gasteiger partial charge on any atom is 0.252 e. The van der Waals surface area contributed by atoms with Crippen LogP contribution in [0.1, 0.15) is 25.0 Å². The molecule has 9 nitrogen and oxygen atoms in total. The zero-order chi connectivity index (χ0) is 23.3. The molecule has 0 bridgehead atoms. The van der Waals surface area contributed by atoms with Crippen molar-refractivity contribution in [3.8, 4) is 17.6 Å². The lowest BCUT2D eigenvalue weighted by molar-refractivity contribution is -0.154. The van der Waals surface area contributed by atoms with E-state index in [1.54, 1.807) is 36.4 Å². The van der Waals surface area contributed by atoms with E-state index in [9.17, 15) is 14.7 Å². The van der Waals surface area contributed by atoms with Crippen LogP contribution in [0.4, 0.5) is 0 Å². The van der Waals surface area contributed by atoms with Crippen molar-refractivity contribution < 1.29 is 24.3 Å². The highest BCUT2D eigenvalue weighted by molar-refractivity contribution is 5.73. The molecule has 2 amide bonds. The topological polar surface area (TPSA) is 124 Å². The van der Waals surface area contributed by atoms with Gasteiger partial charge in [-0.3, -0.25) is 9.59 Å². The van der Waals surface area contributed by atoms with Gasteiger partial charge in [-0.05, 0) is 29.8 Å². The van der Waals surface area contributed by atoms with Gasteiger partial charge in [0.2, 0.25) is 5.91 Å². The maximum atomic E-state index is 11.9. The number of ether oxygens (including phenoxy) is 1. The number of nitrogens with zero attached hydrogens (tertiary/aromatic N) is 2. The van der Waals surface area contributed by atoms with Crippen molar-refractivity contribution in [2.75, 3.05) is 26.2 Å². The van der Waals surface area contributed by atoms with Gasteiger partial charge in [-0.2, -0.15) is 10.3 Å². The number of nitrogens with one attached hydrogen (secondary N) is 2. The van der Waals surface area contributed by atoms with Crippen LogP contribution in [0.25, 0.3) is 0 Å². The average molecular weight is 441 g/mol. The fourth-order valence-corrected chi connectivity index (χ4v) is 2.67. The first-order valence-electron chi connectivity index (χ1n) is 10.2. The summed E-state index contributed by atoms with van der Waals surface area (Å²) >= 11 is 0. The normalized spacial score (nSPS) is 11.2. The summed E-state index contributed by atoms with van der Waals surface area (Å²) in [6, 6.07) is 15.9. The first-order valence-corrected chi connectivity index (χ1v) is 10.2. The number of aliphatic hydroxyl groups is 1. The standard InChI is InChI=1S/C23H28N4O5/c1-17(28)26-14-19-7-9-22(10-8-19)32-27(18(2)29)12-11-25-15-21(30)16-31-23-6-4-3-5-20(23)13-24/h3-10,21,25,30H,11-12,14-16H2,1-2H3,(H,26,28). The molecule has 0 saturated heterocycles. The van der Waals surface area contributed by atoms with E-state index in [2.05, 4.69) is 10.6 Å². The summed E-state index contributed by atoms with van der Waals surface area (Å²) < 4.78 is 5.50. The van der Waals surface area contributed by atoms with Crippen LogP contribution in [-0.2, 0) is 16.1 Å². The molecule has 2 aromatic rings. The summed E-state index contributed by atoms with van der Waals surface area (Å²) in [4.78, 5) is 28.5. The molecule has 9 heteroatoms. The molecule has 32 heavy (non-hydrogen) atoms. The Hall–Kier alpha value is -3.61. The maximum absolute atomic E-state index is 11.9. The van der Waals surface area contributed by atoms with E-state index in [0.29, 0.717) is 30.2 Å². The van der Waals surface area contributed by atoms with Gasteiger partial charge in [-0.25, -0.2) is 0 Å². The summed E-state index contributed by atoms with van der Waals surface area (Å²) in [5, 5.41) is 26.1. The summed E-state index contributed by atoms with van der Waals surface area (Å²) in [7, 11) is 0. The van der Waals surface area contributed by atoms with Gasteiger partial charge in [0.05, 0.1) is 12.1 Å². The minimum atomic E-state index is -0.787. The van der Waals surface area contributed by atoms with Crippen LogP contribution in [0.3, 0.4) is 0 Å². The number of hydrogen-bond donors (Lipinski definition) is 3. The highest BCUT2D eigenvalue weighted by Gasteiger charge is 2.12. The monoisotopic (exact) mass is 440 g/mol. The van der Waals surface area contributed by atoms with Gasteiger partial charge in [-0.1, -0.05) is 24.3 Å². The van der Waals surface area contributed by atoms with Crippen LogP contribution in [0, 0.1) is 11.3 Å². The van der Waals surface area contributed by atoms with Crippen molar-refractivity contribution in [2.24, 2.45) is 0 Å². The van der Waals surface area contributed by atoms with Crippen molar-refractivity contribution in [1.82, 2.24) is 15.7 Å². The fraction of sp³-hybridized carbons (Fsp3) is 0.348. The summed E-state index contributed by atoms with van der Waals surface area (Å²) in [5.41, 5.74) is 1.32. The predicted molar refractivity (Wildman–Crippen MR) is 118 cm³/mol. The van der Waals surface area contributed by atoms with Crippen molar-refractivity contribution >= 4 is 11.8 Å². The predicted octanol–water partition coefficient (Wildman–Crippen LogP) is 1.37. The highest BCUT2D eigenvalue weighted by Crippen LogP contribution is 2.16. The molecule has 1 atom stereocenters. The minimum absolute atomic E-state index is 0.0312. The van der Waals surface area contributed by atoms with E-state index >= 15 is 0 Å². The molecule has 0 saturated carbocycles. The van der Waals surface area contributed by atoms with Crippen molar-refractivity contribution in [2.45, 2.75) is 26.5 Å². The van der Waals surface area contributed by atoms with Gasteiger partial charge < -0.3 is 25.3 Å². The van der Waals surface area contributed by atoms with Crippen LogP contribution in [0.5, 0.6) is 11.5 Å². The van der Waals surface area contributed by atoms with E-state index in [1.807, 2.05) is 18.2 Å². The second-order valence-electron chi connectivity index (χ2n) is 7.04. The largest absolute Gasteiger partial charge is 0.489 e. The Kier molecular flexibility index (Phi) is 9.97. The third kappa shape index (κ3) is 8.63. The van der Waals surface area contributed by atoms with Crippen molar-refractivity contribution in [3.63, 3.8) is 0 Å². The summed E-state index contributed by atoms with van der Waals surface area (Å²) in [6.07, 6.45) is -0.787. The third-order valence-electron chi connectivity index (χ3n) is 4.34. The number of hydroxylamine groups is 2. The van der Waals surface area contributed by atoms with E-state index in [1.165, 1.54) is 18.9 Å². The number of benzene rings is 2. The Morgan fingerprint density at radius 3 is 2.53 bits per heavy atom. The molecule has 0 spiro atoms.